The molecule has 2 amide bonds. The first-order chi connectivity index (χ1) is 9.52. The SMILES string of the molecule is Cn1ccc(NC(=O)NCc2cn(CC(=O)O)nn2)n1. The van der Waals surface area contributed by atoms with E-state index in [9.17, 15) is 9.59 Å². The Morgan fingerprint density at radius 3 is 2.90 bits per heavy atom. The minimum Gasteiger partial charge on any atom is -0.480 e. The van der Waals surface area contributed by atoms with E-state index in [0.717, 1.165) is 0 Å². The van der Waals surface area contributed by atoms with Crippen LogP contribution in [0.25, 0.3) is 0 Å². The molecule has 2 heterocycles. The van der Waals surface area contributed by atoms with Crippen LogP contribution in [0, 0.1) is 0 Å². The molecule has 0 aromatic carbocycles. The van der Waals surface area contributed by atoms with Gasteiger partial charge in [-0.25, -0.2) is 9.48 Å². The molecule has 0 aliphatic carbocycles. The van der Waals surface area contributed by atoms with E-state index in [1.165, 1.54) is 10.9 Å². The minimum atomic E-state index is -1.01. The number of aromatic nitrogens is 5. The predicted molar refractivity (Wildman–Crippen MR) is 66.7 cm³/mol. The summed E-state index contributed by atoms with van der Waals surface area (Å²) < 4.78 is 2.74. The third-order valence-electron chi connectivity index (χ3n) is 2.27. The number of hydrogen-bond donors (Lipinski definition) is 3. The molecule has 2 aromatic heterocycles. The lowest BCUT2D eigenvalue weighted by atomic mass is 10.4. The molecule has 2 rings (SSSR count). The maximum atomic E-state index is 11.6. The van der Waals surface area contributed by atoms with Crippen molar-refractivity contribution in [3.63, 3.8) is 0 Å². The van der Waals surface area contributed by atoms with Gasteiger partial charge in [-0.15, -0.1) is 5.10 Å². The summed E-state index contributed by atoms with van der Waals surface area (Å²) in [5.74, 6) is -0.582. The number of aliphatic carboxylic acids is 1. The van der Waals surface area contributed by atoms with Crippen LogP contribution in [-0.2, 0) is 24.9 Å². The average molecular weight is 279 g/mol. The first-order valence-corrected chi connectivity index (χ1v) is 5.68. The highest BCUT2D eigenvalue weighted by Gasteiger charge is 2.07. The minimum absolute atomic E-state index is 0.137. The van der Waals surface area contributed by atoms with E-state index in [-0.39, 0.29) is 13.1 Å². The predicted octanol–water partition coefficient (Wildman–Crippen LogP) is -0.582. The highest BCUT2D eigenvalue weighted by atomic mass is 16.4. The molecule has 0 saturated heterocycles. The van der Waals surface area contributed by atoms with E-state index >= 15 is 0 Å². The monoisotopic (exact) mass is 279 g/mol. The number of urea groups is 1. The molecule has 0 bridgehead atoms. The van der Waals surface area contributed by atoms with Crippen molar-refractivity contribution in [2.24, 2.45) is 7.05 Å². The van der Waals surface area contributed by atoms with Gasteiger partial charge in [0.2, 0.25) is 0 Å². The van der Waals surface area contributed by atoms with Crippen molar-refractivity contribution in [1.82, 2.24) is 30.1 Å². The van der Waals surface area contributed by atoms with E-state index < -0.39 is 12.0 Å². The lowest BCUT2D eigenvalue weighted by Crippen LogP contribution is -2.28. The van der Waals surface area contributed by atoms with Gasteiger partial charge in [0.15, 0.2) is 5.82 Å². The molecule has 0 atom stereocenters. The molecule has 0 fully saturated rings. The molecule has 20 heavy (non-hydrogen) atoms. The second kappa shape index (κ2) is 5.82. The van der Waals surface area contributed by atoms with Gasteiger partial charge < -0.3 is 10.4 Å². The van der Waals surface area contributed by atoms with Crippen LogP contribution >= 0.6 is 0 Å². The number of aryl methyl sites for hydroxylation is 1. The third-order valence-corrected chi connectivity index (χ3v) is 2.27. The molecule has 0 aliphatic rings. The fourth-order valence-electron chi connectivity index (χ4n) is 1.45. The van der Waals surface area contributed by atoms with Gasteiger partial charge in [-0.1, -0.05) is 5.21 Å². The number of nitrogens with one attached hydrogen (secondary N) is 2. The number of carboxylic acids is 1. The van der Waals surface area contributed by atoms with Gasteiger partial charge in [-0.05, 0) is 0 Å². The largest absolute Gasteiger partial charge is 0.480 e. The van der Waals surface area contributed by atoms with Crippen LogP contribution in [-0.4, -0.2) is 41.9 Å². The number of carbonyl (C=O) groups excluding carboxylic acids is 1. The number of anilines is 1. The summed E-state index contributed by atoms with van der Waals surface area (Å²) >= 11 is 0. The summed E-state index contributed by atoms with van der Waals surface area (Å²) in [6, 6.07) is 1.22. The van der Waals surface area contributed by atoms with E-state index in [2.05, 4.69) is 26.0 Å². The van der Waals surface area contributed by atoms with E-state index in [1.54, 1.807) is 24.0 Å². The fourth-order valence-corrected chi connectivity index (χ4v) is 1.45. The average Bonchev–Trinajstić information content (AvgIpc) is 2.96. The quantitative estimate of drug-likeness (QED) is 0.672. The fraction of sp³-hybridized carbons (Fsp3) is 0.300. The Kier molecular flexibility index (Phi) is 3.93. The second-order valence-corrected chi connectivity index (χ2v) is 3.98. The molecule has 10 nitrogen and oxygen atoms in total. The molecule has 0 aliphatic heterocycles. The molecule has 0 spiro atoms. The molecule has 106 valence electrons. The van der Waals surface area contributed by atoms with Crippen molar-refractivity contribution in [2.75, 3.05) is 5.32 Å². The molecule has 3 N–H and O–H groups in total. The Balaban J connectivity index is 1.81. The zero-order chi connectivity index (χ0) is 14.5. The summed E-state index contributed by atoms with van der Waals surface area (Å²) in [5, 5.41) is 25.0. The van der Waals surface area contributed by atoms with Crippen molar-refractivity contribution in [3.8, 4) is 0 Å². The lowest BCUT2D eigenvalue weighted by Gasteiger charge is -2.02. The third kappa shape index (κ3) is 3.80. The highest BCUT2D eigenvalue weighted by molar-refractivity contribution is 5.87. The summed E-state index contributed by atoms with van der Waals surface area (Å²) in [4.78, 5) is 22.0. The first-order valence-electron chi connectivity index (χ1n) is 5.68. The summed E-state index contributed by atoms with van der Waals surface area (Å²) in [6.07, 6.45) is 3.16. The Morgan fingerprint density at radius 1 is 1.45 bits per heavy atom. The topological polar surface area (TPSA) is 127 Å². The molecular weight excluding hydrogens is 266 g/mol. The zero-order valence-electron chi connectivity index (χ0n) is 10.6. The molecule has 0 unspecified atom stereocenters. The van der Waals surface area contributed by atoms with E-state index in [0.29, 0.717) is 11.5 Å². The van der Waals surface area contributed by atoms with Crippen LogP contribution in [0.1, 0.15) is 5.69 Å². The maximum absolute atomic E-state index is 11.6. The standard InChI is InChI=1S/C10H13N7O3/c1-16-3-2-8(14-16)12-10(20)11-4-7-5-17(15-13-7)6-9(18)19/h2-3,5H,4,6H2,1H3,(H,18,19)(H2,11,12,14,20). The number of hydrogen-bond acceptors (Lipinski definition) is 5. The van der Waals surface area contributed by atoms with Crippen molar-refractivity contribution in [1.29, 1.82) is 0 Å². The Bertz CT molecular complexity index is 618. The maximum Gasteiger partial charge on any atom is 0.325 e. The first kappa shape index (κ1) is 13.5. The second-order valence-electron chi connectivity index (χ2n) is 3.98. The van der Waals surface area contributed by atoms with Crippen molar-refractivity contribution in [2.45, 2.75) is 13.1 Å². The summed E-state index contributed by atoms with van der Waals surface area (Å²) in [5.41, 5.74) is 0.461. The number of amides is 2. The van der Waals surface area contributed by atoms with Gasteiger partial charge in [0.25, 0.3) is 0 Å². The Hall–Kier alpha value is -2.91. The van der Waals surface area contributed by atoms with Crippen molar-refractivity contribution < 1.29 is 14.7 Å². The molecule has 0 saturated carbocycles. The van der Waals surface area contributed by atoms with Gasteiger partial charge in [-0.2, -0.15) is 5.10 Å². The lowest BCUT2D eigenvalue weighted by molar-refractivity contribution is -0.137. The highest BCUT2D eigenvalue weighted by Crippen LogP contribution is 2.00. The van der Waals surface area contributed by atoms with Crippen molar-refractivity contribution in [3.05, 3.63) is 24.2 Å². The van der Waals surface area contributed by atoms with Crippen LogP contribution in [0.3, 0.4) is 0 Å². The van der Waals surface area contributed by atoms with Crippen LogP contribution in [0.4, 0.5) is 10.6 Å². The number of nitrogens with zero attached hydrogens (tertiary/aromatic N) is 5. The summed E-state index contributed by atoms with van der Waals surface area (Å²) in [7, 11) is 1.74. The number of carboxylic acid groups (broad SMARTS) is 1. The Labute approximate surface area is 113 Å². The molecule has 10 heteroatoms. The van der Waals surface area contributed by atoms with Gasteiger partial charge in [-0.3, -0.25) is 14.8 Å². The normalized spacial score (nSPS) is 10.2. The molecule has 2 aromatic rings. The number of rotatable bonds is 5. The van der Waals surface area contributed by atoms with E-state index in [4.69, 9.17) is 5.11 Å². The van der Waals surface area contributed by atoms with Gasteiger partial charge >= 0.3 is 12.0 Å². The van der Waals surface area contributed by atoms with Crippen molar-refractivity contribution >= 4 is 17.8 Å². The molecule has 0 radical (unpaired) electrons. The van der Waals surface area contributed by atoms with E-state index in [1.807, 2.05) is 0 Å². The number of carbonyl (C=O) groups is 2. The van der Waals surface area contributed by atoms with Crippen LogP contribution in [0.2, 0.25) is 0 Å². The Morgan fingerprint density at radius 2 is 2.25 bits per heavy atom. The van der Waals surface area contributed by atoms with Crippen LogP contribution < -0.4 is 10.6 Å². The van der Waals surface area contributed by atoms with Gasteiger partial charge in [0.1, 0.15) is 12.2 Å². The molecular formula is C10H13N7O3. The van der Waals surface area contributed by atoms with Crippen LogP contribution in [0.5, 0.6) is 0 Å². The van der Waals surface area contributed by atoms with Gasteiger partial charge in [0.05, 0.1) is 12.7 Å². The van der Waals surface area contributed by atoms with Crippen LogP contribution in [0.15, 0.2) is 18.5 Å². The summed E-state index contributed by atoms with van der Waals surface area (Å²) in [6.45, 7) is -0.134. The zero-order valence-corrected chi connectivity index (χ0v) is 10.6. The smallest absolute Gasteiger partial charge is 0.325 e. The van der Waals surface area contributed by atoms with Gasteiger partial charge in [0, 0.05) is 19.3 Å².